The second kappa shape index (κ2) is 16.4. The van der Waals surface area contributed by atoms with Crippen LogP contribution in [0.1, 0.15) is 33.6 Å². The number of likely N-dealkylation sites (tertiary alicyclic amines) is 2. The van der Waals surface area contributed by atoms with Gasteiger partial charge in [0, 0.05) is 56.0 Å². The summed E-state index contributed by atoms with van der Waals surface area (Å²) in [4.78, 5) is 43.0. The van der Waals surface area contributed by atoms with E-state index in [2.05, 4.69) is 25.1 Å². The van der Waals surface area contributed by atoms with Crippen molar-refractivity contribution in [3.05, 3.63) is 139 Å². The zero-order valence-corrected chi connectivity index (χ0v) is 33.2. The lowest BCUT2D eigenvalue weighted by Crippen LogP contribution is -2.55. The topological polar surface area (TPSA) is 133 Å². The smallest absolute Gasteiger partial charge is 0.287 e. The van der Waals surface area contributed by atoms with Crippen molar-refractivity contribution in [1.82, 2.24) is 44.1 Å². The summed E-state index contributed by atoms with van der Waals surface area (Å²) in [5.41, 5.74) is 2.74. The van der Waals surface area contributed by atoms with Crippen LogP contribution >= 0.6 is 11.3 Å². The van der Waals surface area contributed by atoms with Gasteiger partial charge in [0.1, 0.15) is 11.5 Å². The molecule has 1 unspecified atom stereocenters. The second-order valence-electron chi connectivity index (χ2n) is 14.6. The first-order chi connectivity index (χ1) is 29.9. The van der Waals surface area contributed by atoms with Gasteiger partial charge < -0.3 is 23.7 Å². The number of benzene rings is 3. The Morgan fingerprint density at radius 2 is 1.37 bits per heavy atom. The van der Waals surface area contributed by atoms with Gasteiger partial charge in [-0.3, -0.25) is 9.59 Å². The molecule has 2 amide bonds. The summed E-state index contributed by atoms with van der Waals surface area (Å²) in [6.45, 7) is -0.719. The lowest BCUT2D eigenvalue weighted by molar-refractivity contribution is -0.131. The molecule has 2 fully saturated rings. The van der Waals surface area contributed by atoms with E-state index in [9.17, 15) is 31.5 Å². The number of imidazole rings is 1. The van der Waals surface area contributed by atoms with Crippen LogP contribution in [-0.2, 0) is 0 Å². The fourth-order valence-electron chi connectivity index (χ4n) is 7.29. The number of halogens is 5. The number of carbonyl (C=O) groups is 2. The highest BCUT2D eigenvalue weighted by atomic mass is 32.1. The lowest BCUT2D eigenvalue weighted by Gasteiger charge is -2.38. The number of hydrogen-bond acceptors (Lipinski definition) is 10. The van der Waals surface area contributed by atoms with Crippen LogP contribution in [0.5, 0.6) is 11.1 Å². The predicted molar refractivity (Wildman–Crippen MR) is 218 cm³/mol. The van der Waals surface area contributed by atoms with Gasteiger partial charge in [0.15, 0.2) is 12.2 Å². The van der Waals surface area contributed by atoms with Crippen LogP contribution in [0.4, 0.5) is 22.0 Å². The zero-order valence-electron chi connectivity index (χ0n) is 32.4. The number of thiazole rings is 1. The third-order valence-electron chi connectivity index (χ3n) is 10.5. The van der Waals surface area contributed by atoms with Crippen LogP contribution in [0, 0.1) is 5.82 Å². The molecular formula is C43H34F5N9O4S. The van der Waals surface area contributed by atoms with Crippen molar-refractivity contribution in [2.75, 3.05) is 26.2 Å². The number of carbonyl (C=O) groups excluding carboxylic acids is 2. The van der Waals surface area contributed by atoms with Crippen molar-refractivity contribution in [1.29, 1.82) is 0 Å². The Morgan fingerprint density at radius 1 is 0.694 bits per heavy atom. The molecule has 5 aromatic heterocycles. The molecule has 0 N–H and O–H groups in total. The number of amides is 2. The number of rotatable bonds is 7. The molecule has 8 aromatic rings. The third kappa shape index (κ3) is 8.22. The fourth-order valence-corrected chi connectivity index (χ4v) is 8.15. The second-order valence-corrected chi connectivity index (χ2v) is 15.6. The summed E-state index contributed by atoms with van der Waals surface area (Å²) in [6.07, 6.45) is 3.98. The Morgan fingerprint density at radius 3 is 2.13 bits per heavy atom. The van der Waals surface area contributed by atoms with Crippen LogP contribution < -0.4 is 9.47 Å². The molecule has 0 aliphatic carbocycles. The highest BCUT2D eigenvalue weighted by Gasteiger charge is 2.49. The van der Waals surface area contributed by atoms with E-state index < -0.39 is 42.7 Å². The monoisotopic (exact) mass is 867 g/mol. The maximum atomic E-state index is 14.6. The van der Waals surface area contributed by atoms with Crippen molar-refractivity contribution < 1.29 is 41.0 Å². The number of hydrogen-bond donors (Lipinski definition) is 0. The number of nitrogens with zero attached hydrogens (tertiary/aromatic N) is 9. The van der Waals surface area contributed by atoms with E-state index in [-0.39, 0.29) is 49.1 Å². The zero-order chi connectivity index (χ0) is 43.0. The van der Waals surface area contributed by atoms with Gasteiger partial charge in [-0.25, -0.2) is 36.9 Å². The molecule has 13 nitrogen and oxygen atoms in total. The molecule has 19 heteroatoms. The standard InChI is InChI=1S/C22H17F3N4O2.C21H17F2N5O2S/c23-15-4-5-17-14(12-15)3-6-19(27-17)31-18-13-29(10-7-22(18,24)25)21(30)16-2-1-9-28-11-8-26-20(16)28;22-21(23)9-12-27(13-18(21)30-20-26-15-6-2-4-8-17(15)31-20)19(29)14-5-1-3-7-16(14)28-24-10-11-25-28/h1-6,8-9,11-12,18H,7,10,13H2;1-8,10-11,18H,9,12-13H2/t18-;/m0./s1. The number of alkyl halides is 4. The van der Waals surface area contributed by atoms with E-state index in [1.165, 1.54) is 62.6 Å². The molecule has 3 aromatic carbocycles. The first-order valence-corrected chi connectivity index (χ1v) is 20.2. The Kier molecular flexibility index (Phi) is 10.7. The third-order valence-corrected chi connectivity index (χ3v) is 11.5. The molecule has 62 heavy (non-hydrogen) atoms. The van der Waals surface area contributed by atoms with Crippen molar-refractivity contribution in [3.8, 4) is 16.8 Å². The van der Waals surface area contributed by atoms with E-state index in [4.69, 9.17) is 9.47 Å². The van der Waals surface area contributed by atoms with E-state index >= 15 is 0 Å². The van der Waals surface area contributed by atoms with Gasteiger partial charge in [0.05, 0.1) is 58.0 Å². The fraction of sp³-hybridized carbons (Fsp3) is 0.233. The number of ether oxygens (including phenoxy) is 2. The Bertz CT molecular complexity index is 2880. The molecule has 316 valence electrons. The molecule has 0 saturated carbocycles. The minimum Gasteiger partial charge on any atom is -0.466 e. The quantitative estimate of drug-likeness (QED) is 0.148. The van der Waals surface area contributed by atoms with Crippen LogP contribution in [0.2, 0.25) is 0 Å². The van der Waals surface area contributed by atoms with Gasteiger partial charge in [0.25, 0.3) is 28.9 Å². The average Bonchev–Trinajstić information content (AvgIpc) is 4.07. The van der Waals surface area contributed by atoms with Gasteiger partial charge in [-0.05, 0) is 60.7 Å². The summed E-state index contributed by atoms with van der Waals surface area (Å²) in [6, 6.07) is 24.5. The molecule has 0 bridgehead atoms. The van der Waals surface area contributed by atoms with Crippen LogP contribution in [-0.4, -0.2) is 106 Å². The maximum absolute atomic E-state index is 14.6. The van der Waals surface area contributed by atoms with Gasteiger partial charge in [-0.15, -0.1) is 0 Å². The van der Waals surface area contributed by atoms with Crippen molar-refractivity contribution in [2.45, 2.75) is 36.9 Å². The van der Waals surface area contributed by atoms with Crippen LogP contribution in [0.25, 0.3) is 32.5 Å². The Hall–Kier alpha value is -7.02. The molecule has 2 aliphatic heterocycles. The summed E-state index contributed by atoms with van der Waals surface area (Å²) < 4.78 is 85.5. The van der Waals surface area contributed by atoms with Crippen molar-refractivity contribution >= 4 is 49.9 Å². The largest absolute Gasteiger partial charge is 0.466 e. The molecule has 0 spiro atoms. The van der Waals surface area contributed by atoms with Crippen LogP contribution in [0.3, 0.4) is 0 Å². The Balaban J connectivity index is 0.000000158. The summed E-state index contributed by atoms with van der Waals surface area (Å²) in [7, 11) is 0. The first kappa shape index (κ1) is 40.4. The summed E-state index contributed by atoms with van der Waals surface area (Å²) in [5.74, 6) is -7.38. The minimum absolute atomic E-state index is 0.00607. The van der Waals surface area contributed by atoms with Gasteiger partial charge in [-0.2, -0.15) is 15.0 Å². The number of para-hydroxylation sites is 2. The minimum atomic E-state index is -3.13. The number of piperidine rings is 2. The molecule has 10 rings (SSSR count). The number of pyridine rings is 2. The van der Waals surface area contributed by atoms with E-state index in [0.29, 0.717) is 38.9 Å². The molecule has 2 aliphatic rings. The highest BCUT2D eigenvalue weighted by Crippen LogP contribution is 2.36. The summed E-state index contributed by atoms with van der Waals surface area (Å²) in [5, 5.41) is 8.85. The SMILES string of the molecule is O=C(c1ccccc1-n1nccn1)N1CCC(F)(F)C(Oc2nc3ccccc3s2)C1.O=C(c1cccn2ccnc12)N1CCC(F)(F)[C@@H](Oc2ccc3cc(F)ccc3n2)C1. The van der Waals surface area contributed by atoms with E-state index in [0.717, 1.165) is 4.70 Å². The van der Waals surface area contributed by atoms with Crippen molar-refractivity contribution in [2.24, 2.45) is 0 Å². The summed E-state index contributed by atoms with van der Waals surface area (Å²) >= 11 is 1.21. The Labute approximate surface area is 353 Å². The molecular weight excluding hydrogens is 834 g/mol. The number of aromatic nitrogens is 7. The van der Waals surface area contributed by atoms with Crippen molar-refractivity contribution in [3.63, 3.8) is 0 Å². The highest BCUT2D eigenvalue weighted by molar-refractivity contribution is 7.20. The molecule has 0 radical (unpaired) electrons. The molecule has 2 saturated heterocycles. The normalized spacial score (nSPS) is 18.3. The number of fused-ring (bicyclic) bond motifs is 3. The van der Waals surface area contributed by atoms with E-state index in [1.54, 1.807) is 71.5 Å². The first-order valence-electron chi connectivity index (χ1n) is 19.4. The maximum Gasteiger partial charge on any atom is 0.287 e. The molecule has 7 heterocycles. The average molecular weight is 868 g/mol. The van der Waals surface area contributed by atoms with Crippen LogP contribution in [0.15, 0.2) is 122 Å². The predicted octanol–water partition coefficient (Wildman–Crippen LogP) is 7.76. The van der Waals surface area contributed by atoms with E-state index in [1.807, 2.05) is 18.2 Å². The lowest BCUT2D eigenvalue weighted by atomic mass is 10.0. The van der Waals surface area contributed by atoms with Gasteiger partial charge >= 0.3 is 0 Å². The van der Waals surface area contributed by atoms with Gasteiger partial charge in [0.2, 0.25) is 5.88 Å². The van der Waals surface area contributed by atoms with Gasteiger partial charge in [-0.1, -0.05) is 35.6 Å². The molecule has 2 atom stereocenters.